The molecule has 0 bridgehead atoms. The average molecular weight is 563 g/mol. The van der Waals surface area contributed by atoms with E-state index < -0.39 is 94.5 Å². The van der Waals surface area contributed by atoms with Crippen LogP contribution in [0, 0.1) is 0 Å². The van der Waals surface area contributed by atoms with Crippen molar-refractivity contribution in [3.05, 3.63) is 0 Å². The van der Waals surface area contributed by atoms with Crippen LogP contribution in [0.25, 0.3) is 0 Å². The number of esters is 2. The number of halogens is 5. The lowest BCUT2D eigenvalue weighted by molar-refractivity contribution is -0.235. The van der Waals surface area contributed by atoms with E-state index in [0.29, 0.717) is 0 Å². The van der Waals surface area contributed by atoms with Crippen LogP contribution in [0.2, 0.25) is 0 Å². The number of carbonyl (C=O) groups excluding carboxylic acids is 6. The van der Waals surface area contributed by atoms with Crippen molar-refractivity contribution in [2.45, 2.75) is 23.4 Å². The highest BCUT2D eigenvalue weighted by Crippen LogP contribution is 2.40. The van der Waals surface area contributed by atoms with Gasteiger partial charge in [0.25, 0.3) is 17.0 Å². The van der Waals surface area contributed by atoms with Crippen molar-refractivity contribution in [3.63, 3.8) is 0 Å². The predicted molar refractivity (Wildman–Crippen MR) is 110 cm³/mol. The zero-order chi connectivity index (χ0) is 25.3. The van der Waals surface area contributed by atoms with Crippen molar-refractivity contribution in [1.82, 2.24) is 0 Å². The third-order valence-electron chi connectivity index (χ3n) is 4.00. The van der Waals surface area contributed by atoms with E-state index in [9.17, 15) is 44.1 Å². The molecule has 0 aliphatic heterocycles. The second-order valence-electron chi connectivity index (χ2n) is 5.83. The summed E-state index contributed by atoms with van der Waals surface area (Å²) in [6.07, 6.45) is -5.32. The van der Waals surface area contributed by atoms with E-state index in [2.05, 4.69) is 0 Å². The molecule has 0 fully saturated rings. The number of ether oxygens (including phenoxy) is 2. The molecule has 182 valence electrons. The molecule has 3 N–H and O–H groups in total. The Morgan fingerprint density at radius 2 is 1.19 bits per heavy atom. The zero-order valence-electron chi connectivity index (χ0n) is 15.9. The Labute approximate surface area is 205 Å². The molecular weight excluding hydrogens is 545 g/mol. The van der Waals surface area contributed by atoms with Crippen molar-refractivity contribution in [3.8, 4) is 0 Å². The monoisotopic (exact) mass is 560 g/mol. The van der Waals surface area contributed by atoms with Crippen LogP contribution in [0.15, 0.2) is 0 Å². The average Bonchev–Trinajstić information content (AvgIpc) is 2.82. The van der Waals surface area contributed by atoms with Gasteiger partial charge in [0.1, 0.15) is 24.0 Å². The first kappa shape index (κ1) is 30.9. The first-order valence-electron chi connectivity index (χ1n) is 8.26. The minimum absolute atomic E-state index is 1.06. The molecule has 0 aromatic carbocycles. The Balaban J connectivity index is 7.84. The highest BCUT2D eigenvalue weighted by molar-refractivity contribution is 6.54. The third-order valence-corrected chi connectivity index (χ3v) is 5.16. The fourth-order valence-corrected chi connectivity index (χ4v) is 3.28. The van der Waals surface area contributed by atoms with Gasteiger partial charge < -0.3 is 24.8 Å². The van der Waals surface area contributed by atoms with Crippen molar-refractivity contribution in [2.24, 2.45) is 0 Å². The number of Topliss-reactive ketones (excluding diaryl/α,β-unsaturated/α-hetero) is 4. The van der Waals surface area contributed by atoms with E-state index in [4.69, 9.17) is 67.5 Å². The van der Waals surface area contributed by atoms with Gasteiger partial charge >= 0.3 is 11.9 Å². The highest BCUT2D eigenvalue weighted by Gasteiger charge is 2.75. The van der Waals surface area contributed by atoms with Gasteiger partial charge in [-0.25, -0.2) is 0 Å². The molecule has 0 spiro atoms. The Hall–Kier alpha value is -1.05. The standard InChI is InChI=1S/C16H17Cl5O11/c17-1-7(23)13(29)15(9(25)2-18,31-11(27)4-20)16(10(26)3-19,32-12(28)5-21)14(30)8(24)6-22/h8,14,22,24,30H,1-6H2/t8-,14-,15+,16+/m1/s1. The molecular formula is C16H17Cl5O11. The summed E-state index contributed by atoms with van der Waals surface area (Å²) in [5.74, 6) is -16.2. The summed E-state index contributed by atoms with van der Waals surface area (Å²) < 4.78 is 9.62. The minimum Gasteiger partial charge on any atom is -0.442 e. The second-order valence-corrected chi connectivity index (χ2v) is 7.16. The summed E-state index contributed by atoms with van der Waals surface area (Å²) in [7, 11) is 0. The summed E-state index contributed by atoms with van der Waals surface area (Å²) in [5, 5.41) is 30.0. The van der Waals surface area contributed by atoms with Crippen LogP contribution in [-0.2, 0) is 38.2 Å². The van der Waals surface area contributed by atoms with Gasteiger partial charge in [0.15, 0.2) is 5.78 Å². The molecule has 0 aromatic rings. The summed E-state index contributed by atoms with van der Waals surface area (Å²) >= 11 is 27.1. The van der Waals surface area contributed by atoms with Gasteiger partial charge in [-0.05, 0) is 0 Å². The molecule has 4 atom stereocenters. The Morgan fingerprint density at radius 3 is 1.56 bits per heavy atom. The summed E-state index contributed by atoms with van der Waals surface area (Å²) in [6, 6.07) is 0. The highest BCUT2D eigenvalue weighted by atomic mass is 35.5. The molecule has 0 unspecified atom stereocenters. The smallest absolute Gasteiger partial charge is 0.322 e. The Morgan fingerprint density at radius 1 is 0.719 bits per heavy atom. The van der Waals surface area contributed by atoms with Gasteiger partial charge in [0, 0.05) is 0 Å². The number of aliphatic hydroxyl groups is 3. The zero-order valence-corrected chi connectivity index (χ0v) is 19.7. The quantitative estimate of drug-likeness (QED) is 0.0937. The first-order chi connectivity index (χ1) is 14.9. The van der Waals surface area contributed by atoms with Crippen molar-refractivity contribution in [2.75, 3.05) is 36.0 Å². The molecule has 16 heteroatoms. The molecule has 32 heavy (non-hydrogen) atoms. The fourth-order valence-electron chi connectivity index (χ4n) is 2.67. The topological polar surface area (TPSA) is 182 Å². The summed E-state index contributed by atoms with van der Waals surface area (Å²) in [4.78, 5) is 75.4. The van der Waals surface area contributed by atoms with Crippen LogP contribution in [0.4, 0.5) is 0 Å². The lowest BCUT2D eigenvalue weighted by atomic mass is 9.68. The van der Waals surface area contributed by atoms with Crippen LogP contribution in [-0.4, -0.2) is 110 Å². The molecule has 0 aliphatic carbocycles. The van der Waals surface area contributed by atoms with Gasteiger partial charge in [-0.3, -0.25) is 28.8 Å². The van der Waals surface area contributed by atoms with E-state index in [1.807, 2.05) is 0 Å². The van der Waals surface area contributed by atoms with E-state index in [0.717, 1.165) is 0 Å². The molecule has 11 nitrogen and oxygen atoms in total. The number of alkyl halides is 5. The first-order valence-corrected chi connectivity index (χ1v) is 10.9. The van der Waals surface area contributed by atoms with Gasteiger partial charge in [-0.2, -0.15) is 0 Å². The SMILES string of the molecule is O=C(CCl)O[C@@](C(=O)CCl)(C(=O)C(=O)CCl)[C@](OC(=O)CCl)(C(=O)CCl)[C@H](O)[C@H](O)CO. The van der Waals surface area contributed by atoms with Gasteiger partial charge in [-0.1, -0.05) is 0 Å². The Bertz CT molecular complexity index is 761. The molecule has 0 aromatic heterocycles. The Kier molecular flexibility index (Phi) is 13.2. The third kappa shape index (κ3) is 5.89. The number of ketones is 4. The van der Waals surface area contributed by atoms with Crippen LogP contribution >= 0.6 is 58.0 Å². The van der Waals surface area contributed by atoms with Crippen LogP contribution in [0.5, 0.6) is 0 Å². The maximum Gasteiger partial charge on any atom is 0.322 e. The van der Waals surface area contributed by atoms with Crippen molar-refractivity contribution < 1.29 is 53.6 Å². The lowest BCUT2D eigenvalue weighted by Gasteiger charge is -2.47. The molecule has 0 amide bonds. The van der Waals surface area contributed by atoms with Gasteiger partial charge in [0.05, 0.1) is 24.2 Å². The van der Waals surface area contributed by atoms with Gasteiger partial charge in [0.2, 0.25) is 11.6 Å². The summed E-state index contributed by atoms with van der Waals surface area (Å²) in [6.45, 7) is -1.34. The molecule has 0 rings (SSSR count). The lowest BCUT2D eigenvalue weighted by Crippen LogP contribution is -2.78. The molecule has 0 radical (unpaired) electrons. The van der Waals surface area contributed by atoms with E-state index in [-0.39, 0.29) is 0 Å². The largest absolute Gasteiger partial charge is 0.442 e. The van der Waals surface area contributed by atoms with E-state index >= 15 is 0 Å². The number of carbonyl (C=O) groups is 6. The second kappa shape index (κ2) is 13.6. The number of hydrogen-bond donors (Lipinski definition) is 3. The number of aliphatic hydroxyl groups excluding tert-OH is 3. The van der Waals surface area contributed by atoms with Crippen molar-refractivity contribution in [1.29, 1.82) is 0 Å². The van der Waals surface area contributed by atoms with Crippen LogP contribution in [0.1, 0.15) is 0 Å². The van der Waals surface area contributed by atoms with Crippen LogP contribution in [0.3, 0.4) is 0 Å². The minimum atomic E-state index is -3.85. The van der Waals surface area contributed by atoms with Crippen LogP contribution < -0.4 is 0 Å². The molecule has 0 heterocycles. The maximum absolute atomic E-state index is 13.1. The van der Waals surface area contributed by atoms with E-state index in [1.165, 1.54) is 0 Å². The van der Waals surface area contributed by atoms with E-state index in [1.54, 1.807) is 0 Å². The number of hydrogen-bond acceptors (Lipinski definition) is 11. The molecule has 0 aliphatic rings. The van der Waals surface area contributed by atoms with Crippen molar-refractivity contribution >= 4 is 93.1 Å². The fraction of sp³-hybridized carbons (Fsp3) is 0.625. The number of rotatable bonds is 15. The van der Waals surface area contributed by atoms with Gasteiger partial charge in [-0.15, -0.1) is 58.0 Å². The maximum atomic E-state index is 13.1. The molecule has 0 saturated heterocycles. The normalized spacial score (nSPS) is 16.6. The summed E-state index contributed by atoms with van der Waals surface area (Å²) in [5.41, 5.74) is -7.59. The predicted octanol–water partition coefficient (Wildman–Crippen LogP) is -1.27. The molecule has 0 saturated carbocycles.